The first-order valence-electron chi connectivity index (χ1n) is 5.92. The Balaban J connectivity index is 1.85. The van der Waals surface area contributed by atoms with Crippen LogP contribution in [0.5, 0.6) is 0 Å². The molecule has 1 atom stereocenters. The van der Waals surface area contributed by atoms with Gasteiger partial charge in [0.05, 0.1) is 13.2 Å². The molecule has 94 valence electrons. The fraction of sp³-hybridized carbons (Fsp3) is 0.200. The van der Waals surface area contributed by atoms with Crippen molar-refractivity contribution >= 4 is 0 Å². The summed E-state index contributed by atoms with van der Waals surface area (Å²) in [6, 6.07) is 19.9. The van der Waals surface area contributed by atoms with E-state index in [0.717, 1.165) is 11.1 Å². The summed E-state index contributed by atoms with van der Waals surface area (Å²) in [6.07, 6.45) is -0.227. The minimum atomic E-state index is -0.227. The molecule has 0 fully saturated rings. The standard InChI is InChI=1S/C15H17NO2/c16-18-15(14-9-5-2-6-10-14)12-17-11-13-7-3-1-4-8-13/h1-10,15H,11-12,16H2. The third-order valence-electron chi connectivity index (χ3n) is 2.72. The quantitative estimate of drug-likeness (QED) is 0.793. The Hall–Kier alpha value is -1.68. The average Bonchev–Trinajstić information content (AvgIpc) is 2.46. The summed E-state index contributed by atoms with van der Waals surface area (Å²) in [5, 5.41) is 0. The molecular formula is C15H17NO2. The highest BCUT2D eigenvalue weighted by atomic mass is 16.6. The molecule has 2 aromatic rings. The second-order valence-corrected chi connectivity index (χ2v) is 4.04. The highest BCUT2D eigenvalue weighted by molar-refractivity contribution is 5.17. The second-order valence-electron chi connectivity index (χ2n) is 4.04. The molecule has 0 aromatic heterocycles. The molecule has 0 saturated carbocycles. The summed E-state index contributed by atoms with van der Waals surface area (Å²) < 4.78 is 5.62. The molecule has 0 spiro atoms. The van der Waals surface area contributed by atoms with Gasteiger partial charge in [0.25, 0.3) is 0 Å². The van der Waals surface area contributed by atoms with Crippen LogP contribution in [0.15, 0.2) is 60.7 Å². The van der Waals surface area contributed by atoms with Crippen LogP contribution in [0.2, 0.25) is 0 Å². The zero-order chi connectivity index (χ0) is 12.6. The van der Waals surface area contributed by atoms with Crippen LogP contribution in [0, 0.1) is 0 Å². The van der Waals surface area contributed by atoms with Gasteiger partial charge in [0.15, 0.2) is 0 Å². The molecular weight excluding hydrogens is 226 g/mol. The fourth-order valence-electron chi connectivity index (χ4n) is 1.74. The molecule has 0 amide bonds. The van der Waals surface area contributed by atoms with Crippen LogP contribution in [0.1, 0.15) is 17.2 Å². The van der Waals surface area contributed by atoms with Crippen LogP contribution in [-0.2, 0) is 16.2 Å². The van der Waals surface area contributed by atoms with Gasteiger partial charge < -0.3 is 4.74 Å². The number of hydrogen-bond donors (Lipinski definition) is 1. The van der Waals surface area contributed by atoms with Crippen molar-refractivity contribution in [3.63, 3.8) is 0 Å². The van der Waals surface area contributed by atoms with Gasteiger partial charge in [-0.2, -0.15) is 0 Å². The van der Waals surface area contributed by atoms with Crippen molar-refractivity contribution < 1.29 is 9.57 Å². The maximum Gasteiger partial charge on any atom is 0.127 e. The van der Waals surface area contributed by atoms with E-state index in [4.69, 9.17) is 15.5 Å². The molecule has 1 unspecified atom stereocenters. The molecule has 3 nitrogen and oxygen atoms in total. The number of rotatable bonds is 6. The molecule has 18 heavy (non-hydrogen) atoms. The Bertz CT molecular complexity index is 445. The summed E-state index contributed by atoms with van der Waals surface area (Å²) in [7, 11) is 0. The second kappa shape index (κ2) is 6.91. The number of hydrogen-bond acceptors (Lipinski definition) is 3. The molecule has 0 saturated heterocycles. The number of nitrogens with two attached hydrogens (primary N) is 1. The Morgan fingerprint density at radius 2 is 1.50 bits per heavy atom. The summed E-state index contributed by atoms with van der Waals surface area (Å²) >= 11 is 0. The van der Waals surface area contributed by atoms with Crippen molar-refractivity contribution in [2.45, 2.75) is 12.7 Å². The van der Waals surface area contributed by atoms with Gasteiger partial charge in [-0.05, 0) is 11.1 Å². The van der Waals surface area contributed by atoms with Gasteiger partial charge in [-0.1, -0.05) is 60.7 Å². The van der Waals surface area contributed by atoms with Crippen molar-refractivity contribution in [2.75, 3.05) is 6.61 Å². The lowest BCUT2D eigenvalue weighted by atomic mass is 10.1. The van der Waals surface area contributed by atoms with E-state index in [1.165, 1.54) is 0 Å². The first-order chi connectivity index (χ1) is 8.90. The van der Waals surface area contributed by atoms with Crippen molar-refractivity contribution in [3.8, 4) is 0 Å². The van der Waals surface area contributed by atoms with E-state index in [9.17, 15) is 0 Å². The van der Waals surface area contributed by atoms with Crippen LogP contribution in [0.4, 0.5) is 0 Å². The molecule has 2 N–H and O–H groups in total. The Labute approximate surface area is 107 Å². The van der Waals surface area contributed by atoms with Gasteiger partial charge >= 0.3 is 0 Å². The third-order valence-corrected chi connectivity index (χ3v) is 2.72. The number of ether oxygens (including phenoxy) is 1. The zero-order valence-corrected chi connectivity index (χ0v) is 10.2. The predicted octanol–water partition coefficient (Wildman–Crippen LogP) is 2.83. The summed E-state index contributed by atoms with van der Waals surface area (Å²) in [5.74, 6) is 5.30. The molecule has 0 heterocycles. The Morgan fingerprint density at radius 3 is 2.11 bits per heavy atom. The monoisotopic (exact) mass is 243 g/mol. The lowest BCUT2D eigenvalue weighted by Crippen LogP contribution is -2.15. The topological polar surface area (TPSA) is 44.5 Å². The van der Waals surface area contributed by atoms with Gasteiger partial charge in [0.1, 0.15) is 6.10 Å². The van der Waals surface area contributed by atoms with E-state index < -0.39 is 0 Å². The smallest absolute Gasteiger partial charge is 0.127 e. The van der Waals surface area contributed by atoms with Crippen LogP contribution < -0.4 is 5.90 Å². The van der Waals surface area contributed by atoms with Crippen LogP contribution in [-0.4, -0.2) is 6.61 Å². The maximum atomic E-state index is 5.62. The molecule has 2 rings (SSSR count). The van der Waals surface area contributed by atoms with E-state index in [1.54, 1.807) is 0 Å². The summed E-state index contributed by atoms with van der Waals surface area (Å²) in [4.78, 5) is 4.95. The lowest BCUT2D eigenvalue weighted by Gasteiger charge is -2.15. The SMILES string of the molecule is NOC(COCc1ccccc1)c1ccccc1. The molecule has 0 aliphatic rings. The van der Waals surface area contributed by atoms with Crippen LogP contribution in [0.3, 0.4) is 0 Å². The normalized spacial score (nSPS) is 12.3. The molecule has 0 aliphatic carbocycles. The van der Waals surface area contributed by atoms with E-state index >= 15 is 0 Å². The molecule has 2 aromatic carbocycles. The lowest BCUT2D eigenvalue weighted by molar-refractivity contribution is -0.0246. The van der Waals surface area contributed by atoms with Gasteiger partial charge in [-0.3, -0.25) is 4.84 Å². The van der Waals surface area contributed by atoms with Gasteiger partial charge in [0, 0.05) is 0 Å². The van der Waals surface area contributed by atoms with Crippen molar-refractivity contribution in [3.05, 3.63) is 71.8 Å². The van der Waals surface area contributed by atoms with Gasteiger partial charge in [-0.15, -0.1) is 0 Å². The maximum absolute atomic E-state index is 5.62. The van der Waals surface area contributed by atoms with Crippen molar-refractivity contribution in [2.24, 2.45) is 5.90 Å². The number of benzene rings is 2. The first kappa shape index (κ1) is 12.8. The summed E-state index contributed by atoms with van der Waals surface area (Å²) in [5.41, 5.74) is 2.16. The van der Waals surface area contributed by atoms with Crippen LogP contribution >= 0.6 is 0 Å². The van der Waals surface area contributed by atoms with E-state index in [0.29, 0.717) is 13.2 Å². The predicted molar refractivity (Wildman–Crippen MR) is 70.6 cm³/mol. The first-order valence-corrected chi connectivity index (χ1v) is 5.92. The van der Waals surface area contributed by atoms with Crippen LogP contribution in [0.25, 0.3) is 0 Å². The van der Waals surface area contributed by atoms with Gasteiger partial charge in [-0.25, -0.2) is 5.90 Å². The third kappa shape index (κ3) is 3.67. The minimum absolute atomic E-state index is 0.227. The minimum Gasteiger partial charge on any atom is -0.374 e. The fourth-order valence-corrected chi connectivity index (χ4v) is 1.74. The molecule has 3 heteroatoms. The van der Waals surface area contributed by atoms with E-state index in [-0.39, 0.29) is 6.10 Å². The highest BCUT2D eigenvalue weighted by Crippen LogP contribution is 2.16. The van der Waals surface area contributed by atoms with Crippen molar-refractivity contribution in [1.29, 1.82) is 0 Å². The largest absolute Gasteiger partial charge is 0.374 e. The average molecular weight is 243 g/mol. The molecule has 0 aliphatic heterocycles. The van der Waals surface area contributed by atoms with Crippen molar-refractivity contribution in [1.82, 2.24) is 0 Å². The molecule has 0 radical (unpaired) electrons. The zero-order valence-electron chi connectivity index (χ0n) is 10.2. The Morgan fingerprint density at radius 1 is 0.889 bits per heavy atom. The highest BCUT2D eigenvalue weighted by Gasteiger charge is 2.10. The van der Waals surface area contributed by atoms with E-state index in [2.05, 4.69) is 0 Å². The summed E-state index contributed by atoms with van der Waals surface area (Å²) in [6.45, 7) is 1.00. The van der Waals surface area contributed by atoms with E-state index in [1.807, 2.05) is 60.7 Å². The molecule has 0 bridgehead atoms. The Kier molecular flexibility index (Phi) is 4.90. The van der Waals surface area contributed by atoms with Gasteiger partial charge in [0.2, 0.25) is 0 Å².